The van der Waals surface area contributed by atoms with Crippen LogP contribution in [0.1, 0.15) is 51.9 Å². The van der Waals surface area contributed by atoms with E-state index in [4.69, 9.17) is 28.1 Å². The van der Waals surface area contributed by atoms with Gasteiger partial charge in [0.15, 0.2) is 10.0 Å². The maximum Gasteiger partial charge on any atom is 0.344 e. The number of nitrogens with zero attached hydrogens (tertiary/aromatic N) is 6. The molecule has 0 saturated carbocycles. The van der Waals surface area contributed by atoms with Crippen LogP contribution in [0.4, 0.5) is 11.4 Å². The van der Waals surface area contributed by atoms with Crippen LogP contribution in [-0.4, -0.2) is 98.8 Å². The second-order valence-corrected chi connectivity index (χ2v) is 20.3. The molecular formula is C36H42N6O8P2S2. The van der Waals surface area contributed by atoms with Crippen molar-refractivity contribution in [2.75, 3.05) is 77.0 Å². The smallest absolute Gasteiger partial charge is 0.311 e. The minimum absolute atomic E-state index is 0.118. The second-order valence-electron chi connectivity index (χ2n) is 13.6. The van der Waals surface area contributed by atoms with Gasteiger partial charge < -0.3 is 27.9 Å². The average Bonchev–Trinajstić information content (AvgIpc) is 4.01. The topological polar surface area (TPSA) is 144 Å². The first-order chi connectivity index (χ1) is 26.1. The number of aromatic nitrogens is 2. The van der Waals surface area contributed by atoms with Crippen molar-refractivity contribution in [1.29, 1.82) is 0 Å². The van der Waals surface area contributed by atoms with Gasteiger partial charge in [-0.05, 0) is 47.2 Å². The van der Waals surface area contributed by atoms with Crippen LogP contribution in [0.5, 0.6) is 0 Å². The van der Waals surface area contributed by atoms with Gasteiger partial charge in [-0.25, -0.2) is 9.97 Å². The molecular weight excluding hydrogens is 771 g/mol. The first-order valence-electron chi connectivity index (χ1n) is 17.8. The minimum atomic E-state index is -3.20. The van der Waals surface area contributed by atoms with Gasteiger partial charge in [0.05, 0.1) is 11.4 Å². The van der Waals surface area contributed by atoms with Gasteiger partial charge >= 0.3 is 15.2 Å². The van der Waals surface area contributed by atoms with Crippen LogP contribution in [0, 0.1) is 0 Å². The fourth-order valence-electron chi connectivity index (χ4n) is 7.82. The second kappa shape index (κ2) is 15.1. The fraction of sp³-hybridized carbons (Fsp3) is 0.444. The molecule has 4 aliphatic rings. The lowest BCUT2D eigenvalue weighted by Crippen LogP contribution is -2.31. The third-order valence-corrected chi connectivity index (χ3v) is 16.5. The van der Waals surface area contributed by atoms with Gasteiger partial charge in [-0.1, -0.05) is 24.3 Å². The molecule has 286 valence electrons. The van der Waals surface area contributed by atoms with Gasteiger partial charge in [-0.2, -0.15) is 0 Å². The molecule has 14 nitrogen and oxygen atoms in total. The predicted octanol–water partition coefficient (Wildman–Crippen LogP) is 6.28. The summed E-state index contributed by atoms with van der Waals surface area (Å²) in [5.41, 5.74) is 7.94. The zero-order valence-corrected chi connectivity index (χ0v) is 34.0. The monoisotopic (exact) mass is 812 g/mol. The molecule has 0 atom stereocenters. The van der Waals surface area contributed by atoms with Crippen molar-refractivity contribution in [2.24, 2.45) is 0 Å². The van der Waals surface area contributed by atoms with E-state index in [1.165, 1.54) is 51.1 Å². The van der Waals surface area contributed by atoms with Crippen LogP contribution in [-0.2, 0) is 66.0 Å². The molecule has 0 bridgehead atoms. The minimum Gasteiger partial charge on any atom is -0.311 e. The van der Waals surface area contributed by atoms with Gasteiger partial charge in [-0.3, -0.25) is 28.5 Å². The summed E-state index contributed by atoms with van der Waals surface area (Å²) in [7, 11) is -0.830. The quantitative estimate of drug-likeness (QED) is 0.157. The molecule has 4 aliphatic heterocycles. The van der Waals surface area contributed by atoms with E-state index >= 15 is 0 Å². The summed E-state index contributed by atoms with van der Waals surface area (Å²) in [5.74, 6) is -0.237. The maximum atomic E-state index is 14.0. The number of benzene rings is 2. The Kier molecular flexibility index (Phi) is 10.5. The number of rotatable bonds is 11. The van der Waals surface area contributed by atoms with Crippen molar-refractivity contribution in [3.63, 3.8) is 0 Å². The highest BCUT2D eigenvalue weighted by atomic mass is 32.1. The lowest BCUT2D eigenvalue weighted by molar-refractivity contribution is 0.0981. The predicted molar refractivity (Wildman–Crippen MR) is 208 cm³/mol. The molecule has 0 unspecified atom stereocenters. The molecule has 0 spiro atoms. The SMILES string of the molecule is COP(=O)(CN1CCc2nc(C(=O)N3CCc4c(-c5cccc6c5CCN6C(=O)c5nc6c(s5)CN(CP(=O)(OC)OC)CC6)cccc43)sc2C1)OC. The number of anilines is 2. The van der Waals surface area contributed by atoms with Crippen molar-refractivity contribution in [2.45, 2.75) is 38.8 Å². The van der Waals surface area contributed by atoms with Crippen LogP contribution in [0.25, 0.3) is 11.1 Å². The van der Waals surface area contributed by atoms with E-state index in [9.17, 15) is 18.7 Å². The number of amides is 2. The van der Waals surface area contributed by atoms with Gasteiger partial charge in [0.1, 0.15) is 12.6 Å². The van der Waals surface area contributed by atoms with E-state index in [1.807, 2.05) is 43.9 Å². The van der Waals surface area contributed by atoms with Gasteiger partial charge in [-0.15, -0.1) is 22.7 Å². The Balaban J connectivity index is 0.996. The molecule has 0 N–H and O–H groups in total. The van der Waals surface area contributed by atoms with E-state index in [0.29, 0.717) is 75.0 Å². The number of thiazole rings is 2. The van der Waals surface area contributed by atoms with E-state index in [1.54, 1.807) is 0 Å². The Morgan fingerprint density at radius 3 is 1.43 bits per heavy atom. The molecule has 0 fully saturated rings. The fourth-order valence-corrected chi connectivity index (χ4v) is 12.2. The zero-order valence-electron chi connectivity index (χ0n) is 30.6. The molecule has 4 aromatic rings. The standard InChI is InChI=1S/C36H42N6O8P2S2/c1-47-51(45,48-2)21-39-15-13-27-31(19-39)53-33(37-27)35(43)41-17-11-25-23(7-5-9-29(25)41)24-8-6-10-30-26(24)12-18-42(30)36(44)34-38-28-14-16-40(20-32(28)54-34)22-52(46,49-3)50-4/h5-10H,11-22H2,1-4H3. The lowest BCUT2D eigenvalue weighted by atomic mass is 9.93. The molecule has 0 saturated heterocycles. The third-order valence-electron chi connectivity index (χ3n) is 10.7. The van der Waals surface area contributed by atoms with Crippen LogP contribution in [0.15, 0.2) is 36.4 Å². The van der Waals surface area contributed by atoms with Crippen LogP contribution in [0.3, 0.4) is 0 Å². The van der Waals surface area contributed by atoms with Crippen LogP contribution >= 0.6 is 37.9 Å². The van der Waals surface area contributed by atoms with E-state index in [-0.39, 0.29) is 24.4 Å². The molecule has 2 aromatic heterocycles. The van der Waals surface area contributed by atoms with Gasteiger partial charge in [0, 0.05) is 102 Å². The van der Waals surface area contributed by atoms with Crippen molar-refractivity contribution >= 4 is 61.1 Å². The normalized spacial score (nSPS) is 17.4. The molecule has 0 radical (unpaired) electrons. The number of hydrogen-bond acceptors (Lipinski definition) is 14. The Hall–Kier alpha value is -3.14. The van der Waals surface area contributed by atoms with Gasteiger partial charge in [0.25, 0.3) is 11.8 Å². The zero-order chi connectivity index (χ0) is 37.8. The largest absolute Gasteiger partial charge is 0.344 e. The molecule has 2 amide bonds. The van der Waals surface area contributed by atoms with Crippen molar-refractivity contribution in [3.8, 4) is 11.1 Å². The molecule has 2 aromatic carbocycles. The van der Waals surface area contributed by atoms with Crippen LogP contribution in [0.2, 0.25) is 0 Å². The van der Waals surface area contributed by atoms with E-state index in [0.717, 1.165) is 54.8 Å². The summed E-state index contributed by atoms with van der Waals surface area (Å²) in [4.78, 5) is 47.2. The summed E-state index contributed by atoms with van der Waals surface area (Å²) < 4.78 is 46.0. The number of hydrogen-bond donors (Lipinski definition) is 0. The Morgan fingerprint density at radius 1 is 0.630 bits per heavy atom. The highest BCUT2D eigenvalue weighted by molar-refractivity contribution is 7.54. The highest BCUT2D eigenvalue weighted by Crippen LogP contribution is 2.49. The van der Waals surface area contributed by atoms with Crippen molar-refractivity contribution < 1.29 is 36.8 Å². The first kappa shape index (κ1) is 37.8. The van der Waals surface area contributed by atoms with Crippen LogP contribution < -0.4 is 9.80 Å². The van der Waals surface area contributed by atoms with Gasteiger partial charge in [0.2, 0.25) is 0 Å². The lowest BCUT2D eigenvalue weighted by Gasteiger charge is -2.28. The molecule has 18 heteroatoms. The van der Waals surface area contributed by atoms with E-state index in [2.05, 4.69) is 12.1 Å². The van der Waals surface area contributed by atoms with E-state index < -0.39 is 15.2 Å². The summed E-state index contributed by atoms with van der Waals surface area (Å²) in [6, 6.07) is 12.2. The number of carbonyl (C=O) groups is 2. The molecule has 0 aliphatic carbocycles. The molecule has 8 rings (SSSR count). The Bertz CT molecular complexity index is 2060. The summed E-state index contributed by atoms with van der Waals surface area (Å²) in [6.45, 7) is 3.48. The number of carbonyl (C=O) groups excluding carboxylic acids is 2. The summed E-state index contributed by atoms with van der Waals surface area (Å²) >= 11 is 2.80. The maximum absolute atomic E-state index is 14.0. The van der Waals surface area contributed by atoms with Crippen molar-refractivity contribution in [1.82, 2.24) is 19.8 Å². The molecule has 54 heavy (non-hydrogen) atoms. The number of fused-ring (bicyclic) bond motifs is 4. The highest BCUT2D eigenvalue weighted by Gasteiger charge is 2.36. The Labute approximate surface area is 322 Å². The summed E-state index contributed by atoms with van der Waals surface area (Å²) in [5, 5.41) is 0.913. The Morgan fingerprint density at radius 2 is 1.04 bits per heavy atom. The summed E-state index contributed by atoms with van der Waals surface area (Å²) in [6.07, 6.45) is 3.09. The average molecular weight is 813 g/mol. The van der Waals surface area contributed by atoms with Crippen molar-refractivity contribution in [3.05, 3.63) is 78.7 Å². The molecule has 6 heterocycles. The first-order valence-corrected chi connectivity index (χ1v) is 22.9. The third kappa shape index (κ3) is 6.95.